The van der Waals surface area contributed by atoms with Crippen molar-refractivity contribution in [2.24, 2.45) is 0 Å². The molecule has 0 fully saturated rings. The zero-order chi connectivity index (χ0) is 47.8. The molecule has 0 rings (SSSR count). The Balaban J connectivity index is 4.16. The van der Waals surface area contributed by atoms with Crippen LogP contribution in [0.15, 0.2) is 24.3 Å². The smallest absolute Gasteiger partial charge is 0.306 e. The number of carbonyl (C=O) groups is 2. The highest BCUT2D eigenvalue weighted by Gasteiger charge is 2.21. The lowest BCUT2D eigenvalue weighted by Crippen LogP contribution is -2.37. The number of hydrogen-bond acceptors (Lipinski definition) is 8. The SMILES string of the molecule is CCCCCCCCC/C=C\CCCCCCCC(=O)OCC(COP(=O)([O-])OCC[N+](C)(C)C)OC(=O)CCCCCCCCCCCCCCC/C=C\CCCCCCCCCC. The summed E-state index contributed by atoms with van der Waals surface area (Å²) in [7, 11) is 1.17. The van der Waals surface area contributed by atoms with Gasteiger partial charge in [-0.1, -0.05) is 212 Å². The number of phosphoric ester groups is 1. The van der Waals surface area contributed by atoms with E-state index in [1.54, 1.807) is 0 Å². The van der Waals surface area contributed by atoms with Crippen molar-refractivity contribution in [2.45, 2.75) is 270 Å². The molecule has 0 aliphatic heterocycles. The van der Waals surface area contributed by atoms with Crippen LogP contribution in [0.1, 0.15) is 264 Å². The number of ether oxygens (including phenoxy) is 2. The average Bonchev–Trinajstić information content (AvgIpc) is 3.26. The molecule has 0 saturated heterocycles. The summed E-state index contributed by atoms with van der Waals surface area (Å²) in [6.45, 7) is 4.26. The summed E-state index contributed by atoms with van der Waals surface area (Å²) in [5.41, 5.74) is 0. The molecule has 0 amide bonds. The minimum Gasteiger partial charge on any atom is -0.756 e. The Labute approximate surface area is 402 Å². The second-order valence-electron chi connectivity index (χ2n) is 19.9. The topological polar surface area (TPSA) is 111 Å². The maximum absolute atomic E-state index is 12.8. The minimum atomic E-state index is -4.63. The van der Waals surface area contributed by atoms with Crippen LogP contribution in [0.4, 0.5) is 0 Å². The van der Waals surface area contributed by atoms with E-state index < -0.39 is 26.5 Å². The van der Waals surface area contributed by atoms with E-state index in [0.29, 0.717) is 17.4 Å². The Morgan fingerprint density at radius 3 is 1.14 bits per heavy atom. The summed E-state index contributed by atoms with van der Waals surface area (Å²) in [6.07, 6.45) is 55.0. The second-order valence-corrected chi connectivity index (χ2v) is 21.4. The van der Waals surface area contributed by atoms with Crippen molar-refractivity contribution < 1.29 is 42.1 Å². The molecule has 0 N–H and O–H groups in total. The molecule has 0 aromatic carbocycles. The van der Waals surface area contributed by atoms with E-state index in [4.69, 9.17) is 18.5 Å². The highest BCUT2D eigenvalue weighted by molar-refractivity contribution is 7.45. The lowest BCUT2D eigenvalue weighted by atomic mass is 10.0. The van der Waals surface area contributed by atoms with Crippen LogP contribution in [0.5, 0.6) is 0 Å². The molecule has 0 aliphatic rings. The monoisotopic (exact) mass is 940 g/mol. The first-order chi connectivity index (χ1) is 31.5. The number of hydrogen-bond donors (Lipinski definition) is 0. The van der Waals surface area contributed by atoms with Crippen LogP contribution < -0.4 is 4.89 Å². The van der Waals surface area contributed by atoms with E-state index in [0.717, 1.165) is 57.8 Å². The number of esters is 2. The standard InChI is InChI=1S/C55H106NO8P/c1-6-8-10-12-14-16-18-20-22-24-25-26-27-28-29-30-31-32-34-36-38-40-42-44-46-48-55(58)64-53(52-63-65(59,60)62-50-49-56(3,4)5)51-61-54(57)47-45-43-41-39-37-35-33-23-21-19-17-15-13-11-9-7-2/h23-25,33,53H,6-22,26-32,34-52H2,1-5H3/b25-24-,33-23-. The van der Waals surface area contributed by atoms with E-state index >= 15 is 0 Å². The first-order valence-electron chi connectivity index (χ1n) is 27.5. The molecule has 0 aliphatic carbocycles. The zero-order valence-electron chi connectivity index (χ0n) is 43.5. The third kappa shape index (κ3) is 51.7. The summed E-state index contributed by atoms with van der Waals surface area (Å²) >= 11 is 0. The predicted molar refractivity (Wildman–Crippen MR) is 273 cm³/mol. The van der Waals surface area contributed by atoms with Gasteiger partial charge < -0.3 is 27.9 Å². The van der Waals surface area contributed by atoms with Crippen LogP contribution in [0.25, 0.3) is 0 Å². The van der Waals surface area contributed by atoms with E-state index in [1.807, 2.05) is 21.1 Å². The van der Waals surface area contributed by atoms with Gasteiger partial charge in [0, 0.05) is 12.8 Å². The normalized spacial score (nSPS) is 13.5. The van der Waals surface area contributed by atoms with Gasteiger partial charge in [0.05, 0.1) is 27.7 Å². The average molecular weight is 940 g/mol. The van der Waals surface area contributed by atoms with Crippen LogP contribution in [0.2, 0.25) is 0 Å². The number of nitrogens with zero attached hydrogens (tertiary/aromatic N) is 1. The van der Waals surface area contributed by atoms with E-state index in [-0.39, 0.29) is 32.0 Å². The van der Waals surface area contributed by atoms with Gasteiger partial charge in [0.15, 0.2) is 6.10 Å². The fourth-order valence-corrected chi connectivity index (χ4v) is 8.61. The number of rotatable bonds is 51. The Morgan fingerprint density at radius 2 is 0.785 bits per heavy atom. The number of carbonyl (C=O) groups excluding carboxylic acids is 2. The molecule has 0 spiro atoms. The van der Waals surface area contributed by atoms with Crippen molar-refractivity contribution in [1.29, 1.82) is 0 Å². The molecule has 0 heterocycles. The largest absolute Gasteiger partial charge is 0.756 e. The lowest BCUT2D eigenvalue weighted by molar-refractivity contribution is -0.870. The fraction of sp³-hybridized carbons (Fsp3) is 0.891. The van der Waals surface area contributed by atoms with Crippen molar-refractivity contribution in [2.75, 3.05) is 47.5 Å². The zero-order valence-corrected chi connectivity index (χ0v) is 44.3. The van der Waals surface area contributed by atoms with Crippen molar-refractivity contribution in [3.63, 3.8) is 0 Å². The van der Waals surface area contributed by atoms with E-state index in [1.165, 1.54) is 173 Å². The Morgan fingerprint density at radius 1 is 0.462 bits per heavy atom. The maximum Gasteiger partial charge on any atom is 0.306 e. The van der Waals surface area contributed by atoms with Crippen LogP contribution in [0.3, 0.4) is 0 Å². The summed E-state index contributed by atoms with van der Waals surface area (Å²) in [6, 6.07) is 0. The predicted octanol–water partition coefficient (Wildman–Crippen LogP) is 16.0. The van der Waals surface area contributed by atoms with E-state index in [9.17, 15) is 19.0 Å². The summed E-state index contributed by atoms with van der Waals surface area (Å²) in [5, 5.41) is 0. The maximum atomic E-state index is 12.8. The van der Waals surface area contributed by atoms with Crippen LogP contribution in [-0.4, -0.2) is 70.0 Å². The van der Waals surface area contributed by atoms with Crippen LogP contribution >= 0.6 is 7.82 Å². The van der Waals surface area contributed by atoms with Gasteiger partial charge in [-0.3, -0.25) is 14.2 Å². The van der Waals surface area contributed by atoms with Gasteiger partial charge in [0.1, 0.15) is 19.8 Å². The van der Waals surface area contributed by atoms with Crippen LogP contribution in [0, 0.1) is 0 Å². The van der Waals surface area contributed by atoms with Crippen molar-refractivity contribution in [3.8, 4) is 0 Å². The van der Waals surface area contributed by atoms with Crippen LogP contribution in [-0.2, 0) is 32.7 Å². The number of allylic oxidation sites excluding steroid dienone is 4. The third-order valence-corrected chi connectivity index (χ3v) is 13.2. The molecule has 384 valence electrons. The molecule has 2 unspecified atom stereocenters. The summed E-state index contributed by atoms with van der Waals surface area (Å²) in [4.78, 5) is 37.8. The minimum absolute atomic E-state index is 0.0301. The lowest BCUT2D eigenvalue weighted by Gasteiger charge is -2.28. The molecule has 9 nitrogen and oxygen atoms in total. The second kappa shape index (κ2) is 47.6. The molecule has 0 aromatic rings. The Hall–Kier alpha value is -1.51. The molecular formula is C55H106NO8P. The van der Waals surface area contributed by atoms with Gasteiger partial charge >= 0.3 is 11.9 Å². The van der Waals surface area contributed by atoms with Gasteiger partial charge in [-0.15, -0.1) is 0 Å². The van der Waals surface area contributed by atoms with Gasteiger partial charge in [-0.25, -0.2) is 0 Å². The molecule has 10 heteroatoms. The highest BCUT2D eigenvalue weighted by Crippen LogP contribution is 2.38. The molecule has 2 atom stereocenters. The fourth-order valence-electron chi connectivity index (χ4n) is 7.88. The quantitative estimate of drug-likeness (QED) is 0.0195. The first kappa shape index (κ1) is 63.5. The summed E-state index contributed by atoms with van der Waals surface area (Å²) < 4.78 is 34.1. The van der Waals surface area contributed by atoms with Crippen molar-refractivity contribution in [3.05, 3.63) is 24.3 Å². The Kier molecular flexibility index (Phi) is 46.4. The van der Waals surface area contributed by atoms with Crippen molar-refractivity contribution in [1.82, 2.24) is 0 Å². The number of phosphoric acid groups is 1. The van der Waals surface area contributed by atoms with Gasteiger partial charge in [-0.2, -0.15) is 0 Å². The number of quaternary nitrogens is 1. The summed E-state index contributed by atoms with van der Waals surface area (Å²) in [5.74, 6) is -0.832. The number of likely N-dealkylation sites (N-methyl/N-ethyl adjacent to an activating group) is 1. The van der Waals surface area contributed by atoms with Gasteiger partial charge in [0.2, 0.25) is 0 Å². The third-order valence-electron chi connectivity index (χ3n) is 12.2. The van der Waals surface area contributed by atoms with Crippen molar-refractivity contribution >= 4 is 19.8 Å². The molecule has 0 radical (unpaired) electrons. The van der Waals surface area contributed by atoms with Gasteiger partial charge in [-0.05, 0) is 64.2 Å². The number of unbranched alkanes of at least 4 members (excludes halogenated alkanes) is 33. The highest BCUT2D eigenvalue weighted by atomic mass is 31.2. The Bertz CT molecular complexity index is 1150. The van der Waals surface area contributed by atoms with E-state index in [2.05, 4.69) is 38.2 Å². The molecule has 0 bridgehead atoms. The molecule has 0 aromatic heterocycles. The molecule has 65 heavy (non-hydrogen) atoms. The molecular weight excluding hydrogens is 834 g/mol. The first-order valence-corrected chi connectivity index (χ1v) is 29.0. The molecule has 0 saturated carbocycles. The van der Waals surface area contributed by atoms with Gasteiger partial charge in [0.25, 0.3) is 7.82 Å².